The van der Waals surface area contributed by atoms with E-state index in [4.69, 9.17) is 0 Å². The smallest absolute Gasteiger partial charge is 0.226 e. The molecule has 0 aliphatic rings. The maximum Gasteiger partial charge on any atom is 0.226 e. The van der Waals surface area contributed by atoms with Crippen LogP contribution in [-0.4, -0.2) is 31.2 Å². The Hall–Kier alpha value is -2.70. The van der Waals surface area contributed by atoms with Crippen molar-refractivity contribution in [3.05, 3.63) is 66.2 Å². The Morgan fingerprint density at radius 2 is 1.79 bits per heavy atom. The van der Waals surface area contributed by atoms with Crippen molar-refractivity contribution in [2.24, 2.45) is 0 Å². The minimum Gasteiger partial charge on any atom is -0.315 e. The fourth-order valence-corrected chi connectivity index (χ4v) is 5.18. The van der Waals surface area contributed by atoms with Gasteiger partial charge in [0.15, 0.2) is 5.03 Å². The molecule has 0 atom stereocenters. The molecule has 0 spiro atoms. The van der Waals surface area contributed by atoms with Gasteiger partial charge in [0.05, 0.1) is 10.4 Å². The van der Waals surface area contributed by atoms with Gasteiger partial charge in [-0.2, -0.15) is 5.10 Å². The fourth-order valence-electron chi connectivity index (χ4n) is 3.61. The summed E-state index contributed by atoms with van der Waals surface area (Å²) in [5.74, 6) is 0. The van der Waals surface area contributed by atoms with Crippen molar-refractivity contribution in [2.45, 2.75) is 42.7 Å². The Morgan fingerprint density at radius 1 is 1.00 bits per heavy atom. The molecule has 3 aromatic carbocycles. The van der Waals surface area contributed by atoms with E-state index in [2.05, 4.69) is 29.4 Å². The number of hydrogen-bond acceptors (Lipinski definition) is 4. The topological polar surface area (TPSA) is 74.8 Å². The summed E-state index contributed by atoms with van der Waals surface area (Å²) in [7, 11) is -3.76. The maximum absolute atomic E-state index is 13.5. The molecule has 4 rings (SSSR count). The van der Waals surface area contributed by atoms with E-state index in [0.29, 0.717) is 16.8 Å². The molecule has 150 valence electrons. The summed E-state index contributed by atoms with van der Waals surface area (Å²) < 4.78 is 27.0. The van der Waals surface area contributed by atoms with Gasteiger partial charge in [-0.25, -0.2) is 8.42 Å². The van der Waals surface area contributed by atoms with Crippen LogP contribution in [-0.2, 0) is 16.3 Å². The summed E-state index contributed by atoms with van der Waals surface area (Å²) in [6.07, 6.45) is 1.88. The lowest BCUT2D eigenvalue weighted by atomic mass is 10.1. The molecule has 0 saturated carbocycles. The summed E-state index contributed by atoms with van der Waals surface area (Å²) in [5.41, 5.74) is 1.84. The van der Waals surface area contributed by atoms with Crippen molar-refractivity contribution in [2.75, 3.05) is 6.54 Å². The van der Waals surface area contributed by atoms with E-state index in [1.807, 2.05) is 48.5 Å². The standard InChI is InChI=1S/C23H25N3O2S/c1-16(2)24-14-6-7-17-12-13-21-20(15-17)23(26-25-21)29(27,28)22-11-5-9-18-8-3-4-10-19(18)22/h3-5,8-13,15-16,24H,6-7,14H2,1-2H3,(H,25,26). The lowest BCUT2D eigenvalue weighted by Gasteiger charge is -2.08. The Morgan fingerprint density at radius 3 is 2.62 bits per heavy atom. The number of aryl methyl sites for hydroxylation is 1. The van der Waals surface area contributed by atoms with E-state index in [1.165, 1.54) is 0 Å². The van der Waals surface area contributed by atoms with Crippen LogP contribution >= 0.6 is 0 Å². The van der Waals surface area contributed by atoms with Crippen LogP contribution in [0, 0.1) is 0 Å². The number of hydrogen-bond donors (Lipinski definition) is 2. The molecular formula is C23H25N3O2S. The zero-order chi connectivity index (χ0) is 20.4. The summed E-state index contributed by atoms with van der Waals surface area (Å²) >= 11 is 0. The first-order chi connectivity index (χ1) is 14.0. The molecule has 6 heteroatoms. The predicted molar refractivity (Wildman–Crippen MR) is 117 cm³/mol. The average Bonchev–Trinajstić information content (AvgIpc) is 3.15. The second-order valence-corrected chi connectivity index (χ2v) is 9.44. The molecule has 29 heavy (non-hydrogen) atoms. The van der Waals surface area contributed by atoms with E-state index in [9.17, 15) is 8.42 Å². The quantitative estimate of drug-likeness (QED) is 0.443. The number of aromatic nitrogens is 2. The number of H-pyrrole nitrogens is 1. The lowest BCUT2D eigenvalue weighted by Crippen LogP contribution is -2.23. The SMILES string of the molecule is CC(C)NCCCc1ccc2[nH]nc(S(=O)(=O)c3cccc4ccccc34)c2c1. The summed E-state index contributed by atoms with van der Waals surface area (Å²) in [6, 6.07) is 19.2. The van der Waals surface area contributed by atoms with Gasteiger partial charge >= 0.3 is 0 Å². The number of nitrogens with zero attached hydrogens (tertiary/aromatic N) is 1. The van der Waals surface area contributed by atoms with Gasteiger partial charge in [0.2, 0.25) is 9.84 Å². The molecule has 0 amide bonds. The van der Waals surface area contributed by atoms with Gasteiger partial charge in [-0.05, 0) is 48.5 Å². The van der Waals surface area contributed by atoms with Gasteiger partial charge in [-0.1, -0.05) is 56.3 Å². The van der Waals surface area contributed by atoms with Crippen molar-refractivity contribution in [3.8, 4) is 0 Å². The lowest BCUT2D eigenvalue weighted by molar-refractivity contribution is 0.570. The highest BCUT2D eigenvalue weighted by molar-refractivity contribution is 7.91. The van der Waals surface area contributed by atoms with Crippen LogP contribution in [0.2, 0.25) is 0 Å². The van der Waals surface area contributed by atoms with Crippen LogP contribution in [0.4, 0.5) is 0 Å². The molecule has 1 aromatic heterocycles. The minimum atomic E-state index is -3.76. The van der Waals surface area contributed by atoms with E-state index in [0.717, 1.165) is 35.9 Å². The van der Waals surface area contributed by atoms with Crippen LogP contribution < -0.4 is 5.32 Å². The number of fused-ring (bicyclic) bond motifs is 2. The predicted octanol–water partition coefficient (Wildman–Crippen LogP) is 4.48. The summed E-state index contributed by atoms with van der Waals surface area (Å²) in [6.45, 7) is 5.19. The molecule has 0 saturated heterocycles. The second-order valence-electron chi connectivity index (χ2n) is 7.60. The molecule has 1 heterocycles. The van der Waals surface area contributed by atoms with Crippen LogP contribution in [0.25, 0.3) is 21.7 Å². The molecule has 0 radical (unpaired) electrons. The van der Waals surface area contributed by atoms with E-state index < -0.39 is 9.84 Å². The van der Waals surface area contributed by atoms with Gasteiger partial charge in [0.1, 0.15) is 0 Å². The molecule has 0 bridgehead atoms. The van der Waals surface area contributed by atoms with Crippen molar-refractivity contribution in [1.29, 1.82) is 0 Å². The minimum absolute atomic E-state index is 0.0889. The first-order valence-corrected chi connectivity index (χ1v) is 11.4. The molecule has 0 aliphatic carbocycles. The van der Waals surface area contributed by atoms with Crippen molar-refractivity contribution < 1.29 is 8.42 Å². The molecule has 4 aromatic rings. The van der Waals surface area contributed by atoms with E-state index in [-0.39, 0.29) is 9.92 Å². The number of benzene rings is 3. The van der Waals surface area contributed by atoms with Crippen molar-refractivity contribution in [3.63, 3.8) is 0 Å². The first kappa shape index (κ1) is 19.6. The zero-order valence-electron chi connectivity index (χ0n) is 16.6. The highest BCUT2D eigenvalue weighted by atomic mass is 32.2. The highest BCUT2D eigenvalue weighted by Gasteiger charge is 2.25. The molecule has 0 fully saturated rings. The summed E-state index contributed by atoms with van der Waals surface area (Å²) in [5, 5.41) is 12.8. The van der Waals surface area contributed by atoms with Gasteiger partial charge in [0.25, 0.3) is 0 Å². The van der Waals surface area contributed by atoms with Crippen LogP contribution in [0.1, 0.15) is 25.8 Å². The van der Waals surface area contributed by atoms with Crippen molar-refractivity contribution >= 4 is 31.5 Å². The molecule has 0 unspecified atom stereocenters. The summed E-state index contributed by atoms with van der Waals surface area (Å²) in [4.78, 5) is 0.288. The third-order valence-electron chi connectivity index (χ3n) is 5.08. The zero-order valence-corrected chi connectivity index (χ0v) is 17.5. The highest BCUT2D eigenvalue weighted by Crippen LogP contribution is 2.31. The van der Waals surface area contributed by atoms with Crippen LogP contribution in [0.15, 0.2) is 70.6 Å². The van der Waals surface area contributed by atoms with Gasteiger partial charge in [-0.15, -0.1) is 0 Å². The number of aromatic amines is 1. The largest absolute Gasteiger partial charge is 0.315 e. The average molecular weight is 408 g/mol. The Bertz CT molecular complexity index is 1250. The third-order valence-corrected chi connectivity index (χ3v) is 6.84. The van der Waals surface area contributed by atoms with E-state index >= 15 is 0 Å². The Kier molecular flexibility index (Phi) is 5.39. The van der Waals surface area contributed by atoms with Crippen LogP contribution in [0.3, 0.4) is 0 Å². The third kappa shape index (κ3) is 3.91. The fraction of sp³-hybridized carbons (Fsp3) is 0.261. The number of nitrogens with one attached hydrogen (secondary N) is 2. The Labute approximate surface area is 171 Å². The van der Waals surface area contributed by atoms with Crippen molar-refractivity contribution in [1.82, 2.24) is 15.5 Å². The Balaban J connectivity index is 1.72. The molecule has 0 aliphatic heterocycles. The molecule has 5 nitrogen and oxygen atoms in total. The monoisotopic (exact) mass is 407 g/mol. The van der Waals surface area contributed by atoms with Crippen LogP contribution in [0.5, 0.6) is 0 Å². The number of sulfone groups is 1. The maximum atomic E-state index is 13.5. The second kappa shape index (κ2) is 7.97. The molecule has 2 N–H and O–H groups in total. The normalized spacial score (nSPS) is 12.2. The van der Waals surface area contributed by atoms with Gasteiger partial charge < -0.3 is 5.32 Å². The van der Waals surface area contributed by atoms with E-state index in [1.54, 1.807) is 12.1 Å². The first-order valence-electron chi connectivity index (χ1n) is 9.90. The van der Waals surface area contributed by atoms with Gasteiger partial charge in [-0.3, -0.25) is 5.10 Å². The molecular weight excluding hydrogens is 382 g/mol. The number of rotatable bonds is 7. The van der Waals surface area contributed by atoms with Gasteiger partial charge in [0, 0.05) is 16.8 Å².